The Balaban J connectivity index is 2.12. The highest BCUT2D eigenvalue weighted by Crippen LogP contribution is 2.16. The molecule has 1 saturated heterocycles. The molecule has 0 saturated carbocycles. The molecule has 1 radical (unpaired) electrons. The summed E-state index contributed by atoms with van der Waals surface area (Å²) in [5.74, 6) is 1.22. The monoisotopic (exact) mass is 135 g/mol. The molecule has 2 nitrogen and oxygen atoms in total. The summed E-state index contributed by atoms with van der Waals surface area (Å²) in [5, 5.41) is 0. The molecule has 1 fully saturated rings. The maximum absolute atomic E-state index is 3.15. The molecule has 0 aliphatic carbocycles. The van der Waals surface area contributed by atoms with E-state index in [4.69, 9.17) is 0 Å². The lowest BCUT2D eigenvalue weighted by Gasteiger charge is -2.13. The predicted octanol–water partition coefficient (Wildman–Crippen LogP) is 1.42. The number of rotatable bonds is 1. The number of aromatic amines is 1. The number of hydrogen-bond acceptors (Lipinski definition) is 1. The summed E-state index contributed by atoms with van der Waals surface area (Å²) in [5.41, 5.74) is 0. The lowest BCUT2D eigenvalue weighted by atomic mass is 10.4. The van der Waals surface area contributed by atoms with Crippen molar-refractivity contribution in [3.8, 4) is 0 Å². The normalized spacial score (nSPS) is 18.2. The average Bonchev–Trinajstić information content (AvgIpc) is 2.59. The summed E-state index contributed by atoms with van der Waals surface area (Å²) in [6, 6.07) is 5.01. The van der Waals surface area contributed by atoms with Gasteiger partial charge >= 0.3 is 0 Å². The number of H-pyrrole nitrogens is 1. The van der Waals surface area contributed by atoms with Gasteiger partial charge in [-0.1, -0.05) is 0 Å². The van der Waals surface area contributed by atoms with Crippen LogP contribution in [0.15, 0.2) is 12.3 Å². The molecule has 0 spiro atoms. The van der Waals surface area contributed by atoms with Crippen molar-refractivity contribution in [2.75, 3.05) is 18.0 Å². The fraction of sp³-hybridized carbons (Fsp3) is 0.500. The van der Waals surface area contributed by atoms with Crippen molar-refractivity contribution in [1.82, 2.24) is 4.98 Å². The third-order valence-electron chi connectivity index (χ3n) is 1.97. The van der Waals surface area contributed by atoms with Gasteiger partial charge in [0.1, 0.15) is 5.82 Å². The van der Waals surface area contributed by atoms with Crippen LogP contribution >= 0.6 is 0 Å². The zero-order chi connectivity index (χ0) is 6.81. The molecule has 1 aliphatic heterocycles. The van der Waals surface area contributed by atoms with E-state index in [1.807, 2.05) is 12.3 Å². The molecule has 1 N–H and O–H groups in total. The molecule has 2 heteroatoms. The van der Waals surface area contributed by atoms with Crippen molar-refractivity contribution < 1.29 is 0 Å². The SMILES string of the molecule is [c]1c[nH]c(N2CCCC2)c1. The van der Waals surface area contributed by atoms with E-state index in [-0.39, 0.29) is 0 Å². The number of nitrogens with zero attached hydrogens (tertiary/aromatic N) is 1. The Bertz CT molecular complexity index is 185. The van der Waals surface area contributed by atoms with Crippen LogP contribution in [0.25, 0.3) is 0 Å². The Morgan fingerprint density at radius 3 is 2.80 bits per heavy atom. The van der Waals surface area contributed by atoms with E-state index in [1.165, 1.54) is 31.7 Å². The van der Waals surface area contributed by atoms with Crippen molar-refractivity contribution in [3.63, 3.8) is 0 Å². The van der Waals surface area contributed by atoms with Crippen molar-refractivity contribution >= 4 is 5.82 Å². The predicted molar refractivity (Wildman–Crippen MR) is 41.1 cm³/mol. The van der Waals surface area contributed by atoms with Crippen molar-refractivity contribution in [2.45, 2.75) is 12.8 Å². The molecule has 1 aliphatic rings. The fourth-order valence-electron chi connectivity index (χ4n) is 1.42. The summed E-state index contributed by atoms with van der Waals surface area (Å²) in [4.78, 5) is 5.51. The largest absolute Gasteiger partial charge is 0.358 e. The maximum Gasteiger partial charge on any atom is 0.106 e. The highest BCUT2D eigenvalue weighted by molar-refractivity contribution is 5.38. The zero-order valence-corrected chi connectivity index (χ0v) is 5.93. The lowest BCUT2D eigenvalue weighted by Crippen LogP contribution is -2.17. The van der Waals surface area contributed by atoms with Crippen LogP contribution in [0, 0.1) is 6.07 Å². The van der Waals surface area contributed by atoms with Gasteiger partial charge in [0.15, 0.2) is 0 Å². The molecule has 1 aromatic rings. The van der Waals surface area contributed by atoms with Crippen molar-refractivity contribution in [2.24, 2.45) is 0 Å². The summed E-state index contributed by atoms with van der Waals surface area (Å²) in [7, 11) is 0. The molecule has 2 heterocycles. The van der Waals surface area contributed by atoms with Crippen LogP contribution in [-0.4, -0.2) is 18.1 Å². The van der Waals surface area contributed by atoms with Gasteiger partial charge in [0.25, 0.3) is 0 Å². The fourth-order valence-corrected chi connectivity index (χ4v) is 1.42. The van der Waals surface area contributed by atoms with Gasteiger partial charge < -0.3 is 9.88 Å². The van der Waals surface area contributed by atoms with Gasteiger partial charge in [-0.2, -0.15) is 0 Å². The van der Waals surface area contributed by atoms with Gasteiger partial charge in [0.05, 0.1) is 0 Å². The first-order valence-corrected chi connectivity index (χ1v) is 3.76. The first kappa shape index (κ1) is 5.83. The molecule has 53 valence electrons. The summed E-state index contributed by atoms with van der Waals surface area (Å²) < 4.78 is 0. The molecule has 0 bridgehead atoms. The quantitative estimate of drug-likeness (QED) is 0.617. The molecular formula is C8H11N2. The minimum absolute atomic E-state index is 1.20. The molecule has 1 aromatic heterocycles. The Labute approximate surface area is 60.9 Å². The molecule has 0 atom stereocenters. The number of anilines is 1. The first-order chi connectivity index (χ1) is 4.97. The number of hydrogen-bond donors (Lipinski definition) is 1. The molecule has 0 aromatic carbocycles. The van der Waals surface area contributed by atoms with E-state index < -0.39 is 0 Å². The zero-order valence-electron chi connectivity index (χ0n) is 5.93. The van der Waals surface area contributed by atoms with E-state index in [0.29, 0.717) is 0 Å². The summed E-state index contributed by atoms with van der Waals surface area (Å²) in [6.07, 6.45) is 4.52. The van der Waals surface area contributed by atoms with Gasteiger partial charge in [-0.25, -0.2) is 0 Å². The van der Waals surface area contributed by atoms with Crippen LogP contribution in [-0.2, 0) is 0 Å². The summed E-state index contributed by atoms with van der Waals surface area (Å²) in [6.45, 7) is 2.41. The van der Waals surface area contributed by atoms with Crippen molar-refractivity contribution in [3.05, 3.63) is 18.3 Å². The molecule has 0 unspecified atom stereocenters. The second kappa shape index (κ2) is 2.37. The van der Waals surface area contributed by atoms with Crippen LogP contribution < -0.4 is 4.90 Å². The Morgan fingerprint density at radius 2 is 2.20 bits per heavy atom. The van der Waals surface area contributed by atoms with Crippen molar-refractivity contribution in [1.29, 1.82) is 0 Å². The lowest BCUT2D eigenvalue weighted by molar-refractivity contribution is 0.946. The Morgan fingerprint density at radius 1 is 1.40 bits per heavy atom. The van der Waals surface area contributed by atoms with Gasteiger partial charge in [0, 0.05) is 25.4 Å². The first-order valence-electron chi connectivity index (χ1n) is 3.76. The minimum Gasteiger partial charge on any atom is -0.358 e. The smallest absolute Gasteiger partial charge is 0.106 e. The Kier molecular flexibility index (Phi) is 1.38. The van der Waals surface area contributed by atoms with E-state index in [2.05, 4.69) is 16.0 Å². The van der Waals surface area contributed by atoms with Gasteiger partial charge in [-0.3, -0.25) is 0 Å². The number of aromatic nitrogens is 1. The third-order valence-corrected chi connectivity index (χ3v) is 1.97. The molecule has 10 heavy (non-hydrogen) atoms. The van der Waals surface area contributed by atoms with Crippen LogP contribution in [0.5, 0.6) is 0 Å². The highest BCUT2D eigenvalue weighted by Gasteiger charge is 2.11. The second-order valence-electron chi connectivity index (χ2n) is 2.68. The van der Waals surface area contributed by atoms with Gasteiger partial charge in [-0.15, -0.1) is 0 Å². The molecule has 2 rings (SSSR count). The Hall–Kier alpha value is -0.920. The highest BCUT2D eigenvalue weighted by atomic mass is 15.2. The molecular weight excluding hydrogens is 124 g/mol. The molecule has 0 amide bonds. The summed E-state index contributed by atoms with van der Waals surface area (Å²) >= 11 is 0. The van der Waals surface area contributed by atoms with Gasteiger partial charge in [-0.05, 0) is 18.9 Å². The van der Waals surface area contributed by atoms with E-state index in [1.54, 1.807) is 0 Å². The van der Waals surface area contributed by atoms with E-state index in [0.717, 1.165) is 0 Å². The van der Waals surface area contributed by atoms with E-state index >= 15 is 0 Å². The van der Waals surface area contributed by atoms with Gasteiger partial charge in [0.2, 0.25) is 0 Å². The van der Waals surface area contributed by atoms with Crippen LogP contribution in [0.1, 0.15) is 12.8 Å². The topological polar surface area (TPSA) is 19.0 Å². The average molecular weight is 135 g/mol. The maximum atomic E-state index is 3.15. The number of nitrogens with one attached hydrogen (secondary N) is 1. The second-order valence-corrected chi connectivity index (χ2v) is 2.68. The van der Waals surface area contributed by atoms with Crippen LogP contribution in [0.4, 0.5) is 5.82 Å². The van der Waals surface area contributed by atoms with Crippen LogP contribution in [0.3, 0.4) is 0 Å². The van der Waals surface area contributed by atoms with E-state index in [9.17, 15) is 0 Å². The van der Waals surface area contributed by atoms with Crippen LogP contribution in [0.2, 0.25) is 0 Å². The minimum atomic E-state index is 1.20. The third kappa shape index (κ3) is 0.897. The standard InChI is InChI=1S/C8H11N2/c1-2-7-10(6-1)8-4-3-5-9-8/h4-5,9H,1-2,6-7H2.